The van der Waals surface area contributed by atoms with Gasteiger partial charge in [0.25, 0.3) is 0 Å². The Labute approximate surface area is 82.1 Å². The van der Waals surface area contributed by atoms with Crippen molar-refractivity contribution >= 4 is 5.97 Å². The quantitative estimate of drug-likeness (QED) is 0.742. The predicted molar refractivity (Wildman–Crippen MR) is 43.1 cm³/mol. The number of aromatic carboxylic acids is 1. The van der Waals surface area contributed by atoms with E-state index in [0.717, 1.165) is 6.92 Å². The number of hydrogen-bond donors (Lipinski definition) is 1. The molecule has 0 fully saturated rings. The number of alkyl halides is 3. The summed E-state index contributed by atoms with van der Waals surface area (Å²) in [6.07, 6.45) is -4.68. The third-order valence-corrected chi connectivity index (χ3v) is 1.93. The normalized spacial score (nSPS) is 11.5. The minimum absolute atomic E-state index is 0.499. The number of hydrogen-bond acceptors (Lipinski definition) is 1. The van der Waals surface area contributed by atoms with E-state index in [2.05, 4.69) is 0 Å². The van der Waals surface area contributed by atoms with Crippen LogP contribution in [0.2, 0.25) is 0 Å². The van der Waals surface area contributed by atoms with Gasteiger partial charge >= 0.3 is 12.1 Å². The molecule has 82 valence electrons. The van der Waals surface area contributed by atoms with Gasteiger partial charge in [0.05, 0.1) is 11.1 Å². The number of carboxylic acids is 1. The van der Waals surface area contributed by atoms with E-state index in [1.165, 1.54) is 0 Å². The molecule has 0 unspecified atom stereocenters. The summed E-state index contributed by atoms with van der Waals surface area (Å²) in [4.78, 5) is 10.5. The van der Waals surface area contributed by atoms with Gasteiger partial charge < -0.3 is 5.11 Å². The Morgan fingerprint density at radius 1 is 1.33 bits per heavy atom. The van der Waals surface area contributed by atoms with Crippen LogP contribution >= 0.6 is 0 Å². The molecular weight excluding hydrogens is 216 g/mol. The van der Waals surface area contributed by atoms with Crippen LogP contribution in [0, 0.1) is 12.7 Å². The Morgan fingerprint density at radius 3 is 2.27 bits per heavy atom. The summed E-state index contributed by atoms with van der Waals surface area (Å²) >= 11 is 0. The summed E-state index contributed by atoms with van der Waals surface area (Å²) in [7, 11) is 0. The number of benzene rings is 1. The summed E-state index contributed by atoms with van der Waals surface area (Å²) in [5.74, 6) is -2.89. The fraction of sp³-hybridized carbons (Fsp3) is 0.222. The molecule has 2 nitrogen and oxygen atoms in total. The average Bonchev–Trinajstić information content (AvgIpc) is 2.00. The second-order valence-electron chi connectivity index (χ2n) is 2.90. The molecule has 0 saturated carbocycles. The first kappa shape index (κ1) is 11.5. The summed E-state index contributed by atoms with van der Waals surface area (Å²) in [6, 6.07) is 1.02. The number of halogens is 4. The molecule has 0 aliphatic carbocycles. The third-order valence-electron chi connectivity index (χ3n) is 1.93. The van der Waals surface area contributed by atoms with Gasteiger partial charge in [0, 0.05) is 0 Å². The first-order chi connectivity index (χ1) is 6.75. The Hall–Kier alpha value is -1.59. The zero-order valence-corrected chi connectivity index (χ0v) is 7.52. The Bertz CT molecular complexity index is 409. The van der Waals surface area contributed by atoms with Crippen LogP contribution < -0.4 is 0 Å². The maximum atomic E-state index is 12.9. The van der Waals surface area contributed by atoms with E-state index in [-0.39, 0.29) is 0 Å². The van der Waals surface area contributed by atoms with E-state index in [9.17, 15) is 22.4 Å². The molecule has 0 heterocycles. The molecule has 1 aromatic rings. The summed E-state index contributed by atoms with van der Waals surface area (Å²) < 4.78 is 49.8. The lowest BCUT2D eigenvalue weighted by Gasteiger charge is -2.12. The molecule has 0 atom stereocenters. The lowest BCUT2D eigenvalue weighted by atomic mass is 10.0. The highest BCUT2D eigenvalue weighted by Crippen LogP contribution is 2.33. The van der Waals surface area contributed by atoms with Crippen molar-refractivity contribution in [1.82, 2.24) is 0 Å². The van der Waals surface area contributed by atoms with Crippen LogP contribution in [0.1, 0.15) is 21.5 Å². The lowest BCUT2D eigenvalue weighted by Crippen LogP contribution is -2.13. The lowest BCUT2D eigenvalue weighted by molar-refractivity contribution is -0.138. The zero-order valence-electron chi connectivity index (χ0n) is 7.52. The zero-order chi connectivity index (χ0) is 11.8. The number of carboxylic acid groups (broad SMARTS) is 1. The topological polar surface area (TPSA) is 37.3 Å². The second-order valence-corrected chi connectivity index (χ2v) is 2.90. The maximum absolute atomic E-state index is 12.9. The first-order valence-electron chi connectivity index (χ1n) is 3.84. The predicted octanol–water partition coefficient (Wildman–Crippen LogP) is 2.85. The fourth-order valence-corrected chi connectivity index (χ4v) is 1.25. The van der Waals surface area contributed by atoms with Crippen molar-refractivity contribution in [3.63, 3.8) is 0 Å². The number of carbonyl (C=O) groups is 1. The Balaban J connectivity index is 3.49. The summed E-state index contributed by atoms with van der Waals surface area (Å²) in [5.41, 5.74) is -2.69. The van der Waals surface area contributed by atoms with Crippen molar-refractivity contribution < 1.29 is 27.5 Å². The molecular formula is C9H6F4O2. The third kappa shape index (κ3) is 2.08. The average molecular weight is 222 g/mol. The maximum Gasteiger partial charge on any atom is 0.416 e. The molecule has 1 aromatic carbocycles. The summed E-state index contributed by atoms with van der Waals surface area (Å²) in [6.45, 7) is 0.926. The Morgan fingerprint density at radius 2 is 1.87 bits per heavy atom. The van der Waals surface area contributed by atoms with Crippen LogP contribution in [0.5, 0.6) is 0 Å². The summed E-state index contributed by atoms with van der Waals surface area (Å²) in [5, 5.41) is 8.53. The van der Waals surface area contributed by atoms with Crippen molar-refractivity contribution in [3.8, 4) is 0 Å². The molecule has 0 spiro atoms. The van der Waals surface area contributed by atoms with Crippen molar-refractivity contribution in [2.75, 3.05) is 0 Å². The molecule has 0 aliphatic rings. The molecule has 0 aromatic heterocycles. The number of rotatable bonds is 1. The van der Waals surface area contributed by atoms with E-state index < -0.39 is 34.7 Å². The highest BCUT2D eigenvalue weighted by molar-refractivity contribution is 5.90. The monoisotopic (exact) mass is 222 g/mol. The largest absolute Gasteiger partial charge is 0.478 e. The van der Waals surface area contributed by atoms with Gasteiger partial charge in [-0.25, -0.2) is 9.18 Å². The van der Waals surface area contributed by atoms with Gasteiger partial charge in [0.1, 0.15) is 5.82 Å². The van der Waals surface area contributed by atoms with Crippen LogP contribution in [0.3, 0.4) is 0 Å². The van der Waals surface area contributed by atoms with Crippen molar-refractivity contribution in [2.24, 2.45) is 0 Å². The molecule has 0 saturated heterocycles. The van der Waals surface area contributed by atoms with Crippen LogP contribution in [-0.2, 0) is 6.18 Å². The first-order valence-corrected chi connectivity index (χ1v) is 3.84. The van der Waals surface area contributed by atoms with Gasteiger partial charge in [-0.1, -0.05) is 0 Å². The van der Waals surface area contributed by atoms with Gasteiger partial charge in [0.2, 0.25) is 0 Å². The molecule has 15 heavy (non-hydrogen) atoms. The molecule has 0 radical (unpaired) electrons. The fourth-order valence-electron chi connectivity index (χ4n) is 1.25. The van der Waals surface area contributed by atoms with Gasteiger partial charge in [-0.15, -0.1) is 0 Å². The van der Waals surface area contributed by atoms with Crippen LogP contribution in [0.15, 0.2) is 12.1 Å². The van der Waals surface area contributed by atoms with E-state index in [1.807, 2.05) is 0 Å². The van der Waals surface area contributed by atoms with Gasteiger partial charge in [-0.05, 0) is 24.6 Å². The molecule has 1 rings (SSSR count). The van der Waals surface area contributed by atoms with Crippen LogP contribution in [-0.4, -0.2) is 11.1 Å². The molecule has 0 bridgehead atoms. The van der Waals surface area contributed by atoms with Crippen LogP contribution in [0.25, 0.3) is 0 Å². The van der Waals surface area contributed by atoms with Crippen molar-refractivity contribution in [2.45, 2.75) is 13.1 Å². The molecule has 1 N–H and O–H groups in total. The van der Waals surface area contributed by atoms with Gasteiger partial charge in [-0.3, -0.25) is 0 Å². The van der Waals surface area contributed by atoms with E-state index in [0.29, 0.717) is 12.1 Å². The standard InChI is InChI=1S/C9H6F4O2/c1-4-5(9(11,12)13)2-3-6(10)7(4)8(14)15/h2-3H,1H3,(H,14,15). The van der Waals surface area contributed by atoms with E-state index in [1.54, 1.807) is 0 Å². The SMILES string of the molecule is Cc1c(C(F)(F)F)ccc(F)c1C(=O)O. The Kier molecular flexibility index (Phi) is 2.70. The molecule has 0 amide bonds. The molecule has 0 aliphatic heterocycles. The van der Waals surface area contributed by atoms with Gasteiger partial charge in [-0.2, -0.15) is 13.2 Å². The minimum Gasteiger partial charge on any atom is -0.478 e. The second kappa shape index (κ2) is 3.52. The van der Waals surface area contributed by atoms with Crippen molar-refractivity contribution in [1.29, 1.82) is 0 Å². The molecule has 6 heteroatoms. The van der Waals surface area contributed by atoms with Crippen molar-refractivity contribution in [3.05, 3.63) is 34.6 Å². The highest BCUT2D eigenvalue weighted by Gasteiger charge is 2.34. The van der Waals surface area contributed by atoms with Gasteiger partial charge in [0.15, 0.2) is 0 Å². The minimum atomic E-state index is -4.68. The van der Waals surface area contributed by atoms with E-state index in [4.69, 9.17) is 5.11 Å². The van der Waals surface area contributed by atoms with E-state index >= 15 is 0 Å². The van der Waals surface area contributed by atoms with Crippen LogP contribution in [0.4, 0.5) is 17.6 Å². The highest BCUT2D eigenvalue weighted by atomic mass is 19.4. The smallest absolute Gasteiger partial charge is 0.416 e.